The Bertz CT molecular complexity index is 3660. The van der Waals surface area contributed by atoms with Crippen molar-refractivity contribution >= 4 is 89.5 Å². The minimum absolute atomic E-state index is 0.291. The van der Waals surface area contributed by atoms with E-state index in [1.165, 1.54) is 57.1 Å². The van der Waals surface area contributed by atoms with Gasteiger partial charge in [0.25, 0.3) is 0 Å². The van der Waals surface area contributed by atoms with E-state index in [4.69, 9.17) is 0 Å². The van der Waals surface area contributed by atoms with E-state index in [9.17, 15) is 13.2 Å². The summed E-state index contributed by atoms with van der Waals surface area (Å²) in [6.07, 6.45) is 0. The minimum Gasteiger partial charge on any atom is -0.310 e. The van der Waals surface area contributed by atoms with Crippen LogP contribution in [-0.2, 0) is 0 Å². The van der Waals surface area contributed by atoms with Crippen molar-refractivity contribution in [3.05, 3.63) is 260 Å². The van der Waals surface area contributed by atoms with Gasteiger partial charge in [0, 0.05) is 50.0 Å². The smallest absolute Gasteiger partial charge is 0.179 e. The summed E-state index contributed by atoms with van der Waals surface area (Å²) in [7, 11) is -2.93. The largest absolute Gasteiger partial charge is 0.310 e. The van der Waals surface area contributed by atoms with Gasteiger partial charge in [-0.05, 0) is 142 Å². The van der Waals surface area contributed by atoms with Gasteiger partial charge in [0.2, 0.25) is 0 Å². The second-order valence-electron chi connectivity index (χ2n) is 16.9. The summed E-state index contributed by atoms with van der Waals surface area (Å²) in [5.74, 6) is -0.915. The average molecular weight is 888 g/mol. The number of aromatic nitrogens is 2. The van der Waals surface area contributed by atoms with Crippen molar-refractivity contribution in [1.82, 2.24) is 9.13 Å². The fourth-order valence-corrected chi connectivity index (χ4v) is 15.1. The lowest BCUT2D eigenvalue weighted by Gasteiger charge is -2.34. The third kappa shape index (κ3) is 6.65. The summed E-state index contributed by atoms with van der Waals surface area (Å²) in [5.41, 5.74) is 8.18. The molecule has 0 aliphatic rings. The molecule has 12 aromatic rings. The first-order chi connectivity index (χ1) is 33.0. The fraction of sp³-hybridized carbons (Fsp3) is 0. The zero-order valence-electron chi connectivity index (χ0n) is 36.1. The number of hydrogen-bond donors (Lipinski definition) is 0. The van der Waals surface area contributed by atoms with Crippen LogP contribution in [0.3, 0.4) is 0 Å². The number of fused-ring (bicyclic) bond motifs is 6. The maximum Gasteiger partial charge on any atom is 0.179 e. The number of anilines is 3. The summed E-state index contributed by atoms with van der Waals surface area (Å²) in [6, 6.07) is 80.5. The summed E-state index contributed by atoms with van der Waals surface area (Å²) in [4.78, 5) is 2.17. The molecular formula is C60H40F3N3Si. The topological polar surface area (TPSA) is 13.1 Å². The lowest BCUT2D eigenvalue weighted by molar-refractivity contribution is 0.627. The van der Waals surface area contributed by atoms with Crippen molar-refractivity contribution in [2.45, 2.75) is 0 Å². The molecule has 10 aromatic carbocycles. The van der Waals surface area contributed by atoms with Crippen LogP contribution < -0.4 is 25.6 Å². The maximum absolute atomic E-state index is 14.7. The third-order valence-electron chi connectivity index (χ3n) is 13.2. The number of hydrogen-bond acceptors (Lipinski definition) is 1. The minimum atomic E-state index is -2.93. The highest BCUT2D eigenvalue weighted by molar-refractivity contribution is 7.20. The van der Waals surface area contributed by atoms with Crippen LogP contribution in [0.4, 0.5) is 30.2 Å². The summed E-state index contributed by atoms with van der Waals surface area (Å²) < 4.78 is 47.8. The van der Waals surface area contributed by atoms with Gasteiger partial charge in [-0.3, -0.25) is 0 Å². The molecule has 0 unspecified atom stereocenters. The van der Waals surface area contributed by atoms with E-state index < -0.39 is 8.07 Å². The average Bonchev–Trinajstić information content (AvgIpc) is 3.88. The van der Waals surface area contributed by atoms with E-state index in [0.717, 1.165) is 72.0 Å². The number of rotatable bonds is 9. The van der Waals surface area contributed by atoms with Crippen molar-refractivity contribution in [1.29, 1.82) is 0 Å². The van der Waals surface area contributed by atoms with E-state index in [-0.39, 0.29) is 17.5 Å². The quantitative estimate of drug-likeness (QED) is 0.104. The molecule has 0 aliphatic heterocycles. The molecule has 7 heteroatoms. The number of benzene rings is 10. The van der Waals surface area contributed by atoms with Crippen LogP contribution in [0.2, 0.25) is 0 Å². The Kier molecular flexibility index (Phi) is 9.73. The van der Waals surface area contributed by atoms with E-state index in [1.54, 1.807) is 12.1 Å². The van der Waals surface area contributed by atoms with Crippen LogP contribution in [0, 0.1) is 17.5 Å². The van der Waals surface area contributed by atoms with Crippen molar-refractivity contribution in [2.24, 2.45) is 0 Å². The van der Waals surface area contributed by atoms with Gasteiger partial charge in [0.15, 0.2) is 8.07 Å². The number of para-hydroxylation sites is 1. The molecule has 12 rings (SSSR count). The Balaban J connectivity index is 1.13. The molecule has 2 aromatic heterocycles. The molecule has 0 aliphatic carbocycles. The molecule has 0 N–H and O–H groups in total. The molecule has 2 heterocycles. The van der Waals surface area contributed by atoms with Crippen molar-refractivity contribution in [2.75, 3.05) is 4.90 Å². The maximum atomic E-state index is 14.7. The SMILES string of the molecule is Fc1ccc(N(c2ccc3c(c2)c2ccccc2n3-c2ccc(F)cc2)c2ccc3c(c2)c2cc([Si](c4ccccc4)(c4ccccc4)c4ccccc4)ccc2n3-c2ccc(F)cc2)cc1. The van der Waals surface area contributed by atoms with Crippen LogP contribution in [0.1, 0.15) is 0 Å². The number of halogens is 3. The van der Waals surface area contributed by atoms with E-state index in [1.807, 2.05) is 36.4 Å². The predicted molar refractivity (Wildman–Crippen MR) is 273 cm³/mol. The zero-order chi connectivity index (χ0) is 45.1. The Morgan fingerprint density at radius 3 is 1.12 bits per heavy atom. The highest BCUT2D eigenvalue weighted by Gasteiger charge is 2.41. The molecule has 0 fully saturated rings. The van der Waals surface area contributed by atoms with E-state index in [0.29, 0.717) is 0 Å². The number of nitrogens with zero attached hydrogens (tertiary/aromatic N) is 3. The molecule has 67 heavy (non-hydrogen) atoms. The second kappa shape index (κ2) is 16.2. The Morgan fingerprint density at radius 2 is 0.642 bits per heavy atom. The normalized spacial score (nSPS) is 11.8. The lowest BCUT2D eigenvalue weighted by atomic mass is 10.1. The lowest BCUT2D eigenvalue weighted by Crippen LogP contribution is -2.74. The molecule has 0 spiro atoms. The first-order valence-electron chi connectivity index (χ1n) is 22.3. The van der Waals surface area contributed by atoms with Gasteiger partial charge < -0.3 is 14.0 Å². The first-order valence-corrected chi connectivity index (χ1v) is 24.3. The van der Waals surface area contributed by atoms with Gasteiger partial charge in [-0.2, -0.15) is 0 Å². The summed E-state index contributed by atoms with van der Waals surface area (Å²) in [5, 5.41) is 9.18. The van der Waals surface area contributed by atoms with Gasteiger partial charge in [0.1, 0.15) is 17.5 Å². The van der Waals surface area contributed by atoms with Gasteiger partial charge in [-0.15, -0.1) is 0 Å². The van der Waals surface area contributed by atoms with E-state index >= 15 is 0 Å². The van der Waals surface area contributed by atoms with Gasteiger partial charge in [-0.1, -0.05) is 121 Å². The highest BCUT2D eigenvalue weighted by Crippen LogP contribution is 2.42. The van der Waals surface area contributed by atoms with Crippen molar-refractivity contribution in [3.8, 4) is 11.4 Å². The first kappa shape index (κ1) is 40.1. The molecular weight excluding hydrogens is 848 g/mol. The summed E-state index contributed by atoms with van der Waals surface area (Å²) >= 11 is 0. The van der Waals surface area contributed by atoms with Gasteiger partial charge in [0.05, 0.1) is 22.1 Å². The van der Waals surface area contributed by atoms with Crippen LogP contribution in [0.25, 0.3) is 55.0 Å². The van der Waals surface area contributed by atoms with Gasteiger partial charge in [-0.25, -0.2) is 13.2 Å². The highest BCUT2D eigenvalue weighted by atomic mass is 28.3. The molecule has 320 valence electrons. The van der Waals surface area contributed by atoms with Crippen LogP contribution in [-0.4, -0.2) is 17.2 Å². The van der Waals surface area contributed by atoms with Crippen molar-refractivity contribution < 1.29 is 13.2 Å². The molecule has 0 amide bonds. The molecule has 0 saturated heterocycles. The molecule has 0 bridgehead atoms. The van der Waals surface area contributed by atoms with Crippen LogP contribution in [0.15, 0.2) is 243 Å². The monoisotopic (exact) mass is 887 g/mol. The predicted octanol–water partition coefficient (Wildman–Crippen LogP) is 13.1. The standard InChI is InChI=1S/C60H40F3N3Si/c61-41-20-26-44(27-21-41)64(47-32-35-58-54(38-47)53-18-10-11-19-57(53)65(58)45-28-22-42(62)23-29-45)48-33-36-59-55(39-48)56-40-52(34-37-60(56)66(59)46-30-24-43(63)25-31-46)67(49-12-4-1-5-13-49,50-14-6-2-7-15-50)51-16-8-3-9-17-51/h1-40H. The third-order valence-corrected chi connectivity index (χ3v) is 18.0. The molecule has 3 nitrogen and oxygen atoms in total. The Labute approximate surface area is 386 Å². The zero-order valence-corrected chi connectivity index (χ0v) is 37.1. The Morgan fingerprint density at radius 1 is 0.284 bits per heavy atom. The summed E-state index contributed by atoms with van der Waals surface area (Å²) in [6.45, 7) is 0. The molecule has 0 atom stereocenters. The van der Waals surface area contributed by atoms with E-state index in [2.05, 4.69) is 172 Å². The molecule has 0 saturated carbocycles. The van der Waals surface area contributed by atoms with Crippen LogP contribution >= 0.6 is 0 Å². The second-order valence-corrected chi connectivity index (χ2v) is 20.7. The van der Waals surface area contributed by atoms with Crippen molar-refractivity contribution in [3.63, 3.8) is 0 Å². The Hall–Kier alpha value is -8.39. The van der Waals surface area contributed by atoms with Crippen LogP contribution in [0.5, 0.6) is 0 Å². The molecule has 0 radical (unpaired) electrons. The fourth-order valence-electron chi connectivity index (χ4n) is 10.3. The van der Waals surface area contributed by atoms with Gasteiger partial charge >= 0.3 is 0 Å².